The summed E-state index contributed by atoms with van der Waals surface area (Å²) in [6.07, 6.45) is 5.02. The van der Waals surface area contributed by atoms with E-state index in [1.54, 1.807) is 15.7 Å². The highest BCUT2D eigenvalue weighted by molar-refractivity contribution is 7.86. The van der Waals surface area contributed by atoms with E-state index in [0.717, 1.165) is 45.2 Å². The topological polar surface area (TPSA) is 61.9 Å². The zero-order valence-corrected chi connectivity index (χ0v) is 13.2. The molecule has 0 spiro atoms. The molecule has 2 saturated heterocycles. The van der Waals surface area contributed by atoms with Crippen LogP contribution in [-0.4, -0.2) is 69.5 Å². The van der Waals surface area contributed by atoms with Crippen molar-refractivity contribution in [3.8, 4) is 0 Å². The molecule has 1 N–H and O–H groups in total. The molecule has 0 saturated carbocycles. The molecule has 118 valence electrons. The van der Waals surface area contributed by atoms with Crippen LogP contribution in [0.1, 0.15) is 32.1 Å². The first-order valence-electron chi connectivity index (χ1n) is 7.63. The molecular weight excluding hydrogens is 278 g/mol. The highest BCUT2D eigenvalue weighted by Gasteiger charge is 2.37. The van der Waals surface area contributed by atoms with Gasteiger partial charge in [0.15, 0.2) is 0 Å². The molecule has 0 aromatic carbocycles. The number of hydrogen-bond acceptors (Lipinski definition) is 4. The molecular formula is C13H27N3O3S. The molecule has 2 fully saturated rings. The van der Waals surface area contributed by atoms with Crippen molar-refractivity contribution in [2.75, 3.05) is 46.4 Å². The second-order valence-electron chi connectivity index (χ2n) is 5.57. The minimum Gasteiger partial charge on any atom is -0.383 e. The Labute approximate surface area is 122 Å². The van der Waals surface area contributed by atoms with Crippen LogP contribution in [-0.2, 0) is 14.9 Å². The molecule has 2 rings (SSSR count). The summed E-state index contributed by atoms with van der Waals surface area (Å²) in [6, 6.07) is 0.0891. The van der Waals surface area contributed by atoms with E-state index >= 15 is 0 Å². The third-order valence-electron chi connectivity index (χ3n) is 4.12. The van der Waals surface area contributed by atoms with Gasteiger partial charge in [0.2, 0.25) is 0 Å². The number of rotatable bonds is 7. The maximum atomic E-state index is 12.7. The molecule has 7 heteroatoms. The average Bonchev–Trinajstić information content (AvgIpc) is 2.99. The number of hydrogen-bond donors (Lipinski definition) is 1. The average molecular weight is 305 g/mol. The molecule has 2 heterocycles. The van der Waals surface area contributed by atoms with Crippen molar-refractivity contribution in [2.24, 2.45) is 0 Å². The lowest BCUT2D eigenvalue weighted by molar-refractivity contribution is 0.189. The van der Waals surface area contributed by atoms with Crippen molar-refractivity contribution in [3.05, 3.63) is 0 Å². The highest BCUT2D eigenvalue weighted by Crippen LogP contribution is 2.24. The van der Waals surface area contributed by atoms with E-state index in [1.807, 2.05) is 0 Å². The Morgan fingerprint density at radius 1 is 1.15 bits per heavy atom. The summed E-state index contributed by atoms with van der Waals surface area (Å²) >= 11 is 0. The van der Waals surface area contributed by atoms with Crippen molar-refractivity contribution >= 4 is 10.2 Å². The van der Waals surface area contributed by atoms with Crippen LogP contribution < -0.4 is 5.32 Å². The summed E-state index contributed by atoms with van der Waals surface area (Å²) < 4.78 is 33.8. The van der Waals surface area contributed by atoms with Crippen LogP contribution in [0.4, 0.5) is 0 Å². The standard InChI is InChI=1S/C13H27N3O3S/c1-19-11-7-14-12-13-6-2-3-10-16(13)20(17,18)15-8-4-5-9-15/h13-14H,2-12H2,1H3. The third-order valence-corrected chi connectivity index (χ3v) is 6.21. The van der Waals surface area contributed by atoms with Gasteiger partial charge in [0.25, 0.3) is 10.2 Å². The van der Waals surface area contributed by atoms with Crippen LogP contribution in [0.15, 0.2) is 0 Å². The number of nitrogens with zero attached hydrogens (tertiary/aromatic N) is 2. The molecule has 2 aliphatic rings. The fourth-order valence-corrected chi connectivity index (χ4v) is 4.92. The van der Waals surface area contributed by atoms with E-state index in [9.17, 15) is 8.42 Å². The van der Waals surface area contributed by atoms with Gasteiger partial charge >= 0.3 is 0 Å². The lowest BCUT2D eigenvalue weighted by Gasteiger charge is -2.37. The molecule has 0 amide bonds. The zero-order valence-electron chi connectivity index (χ0n) is 12.4. The van der Waals surface area contributed by atoms with E-state index in [4.69, 9.17) is 4.74 Å². The Morgan fingerprint density at radius 2 is 1.85 bits per heavy atom. The second kappa shape index (κ2) is 7.70. The number of methoxy groups -OCH3 is 1. The van der Waals surface area contributed by atoms with Crippen molar-refractivity contribution in [3.63, 3.8) is 0 Å². The fraction of sp³-hybridized carbons (Fsp3) is 1.00. The lowest BCUT2D eigenvalue weighted by Crippen LogP contribution is -2.53. The predicted molar refractivity (Wildman–Crippen MR) is 78.8 cm³/mol. The Bertz CT molecular complexity index is 382. The van der Waals surface area contributed by atoms with Crippen LogP contribution in [0.25, 0.3) is 0 Å². The van der Waals surface area contributed by atoms with Crippen LogP contribution >= 0.6 is 0 Å². The largest absolute Gasteiger partial charge is 0.383 e. The monoisotopic (exact) mass is 305 g/mol. The van der Waals surface area contributed by atoms with Crippen molar-refractivity contribution in [1.29, 1.82) is 0 Å². The normalized spacial score (nSPS) is 26.1. The Kier molecular flexibility index (Phi) is 6.22. The van der Waals surface area contributed by atoms with E-state index in [1.165, 1.54) is 0 Å². The molecule has 0 aromatic rings. The van der Waals surface area contributed by atoms with Crippen LogP contribution in [0.3, 0.4) is 0 Å². The van der Waals surface area contributed by atoms with Gasteiger partial charge in [-0.25, -0.2) is 0 Å². The molecule has 1 atom stereocenters. The molecule has 0 bridgehead atoms. The Balaban J connectivity index is 1.95. The van der Waals surface area contributed by atoms with Gasteiger partial charge in [-0.05, 0) is 25.7 Å². The first-order chi connectivity index (χ1) is 9.66. The van der Waals surface area contributed by atoms with Gasteiger partial charge in [-0.2, -0.15) is 17.0 Å². The summed E-state index contributed by atoms with van der Waals surface area (Å²) in [4.78, 5) is 0. The van der Waals surface area contributed by atoms with Crippen molar-refractivity contribution in [2.45, 2.75) is 38.1 Å². The van der Waals surface area contributed by atoms with Crippen molar-refractivity contribution < 1.29 is 13.2 Å². The van der Waals surface area contributed by atoms with Crippen LogP contribution in [0.5, 0.6) is 0 Å². The molecule has 2 aliphatic heterocycles. The summed E-state index contributed by atoms with van der Waals surface area (Å²) in [5.74, 6) is 0. The van der Waals surface area contributed by atoms with E-state index < -0.39 is 10.2 Å². The van der Waals surface area contributed by atoms with Crippen LogP contribution in [0.2, 0.25) is 0 Å². The van der Waals surface area contributed by atoms with E-state index in [2.05, 4.69) is 5.32 Å². The third kappa shape index (κ3) is 3.92. The highest BCUT2D eigenvalue weighted by atomic mass is 32.2. The SMILES string of the molecule is COCCNCC1CCCCN1S(=O)(=O)N1CCCC1. The van der Waals surface area contributed by atoms with Gasteiger partial charge in [0.1, 0.15) is 0 Å². The first-order valence-corrected chi connectivity index (χ1v) is 9.02. The maximum Gasteiger partial charge on any atom is 0.282 e. The Morgan fingerprint density at radius 3 is 2.55 bits per heavy atom. The minimum atomic E-state index is -3.26. The van der Waals surface area contributed by atoms with Gasteiger partial charge in [-0.3, -0.25) is 0 Å². The summed E-state index contributed by atoms with van der Waals surface area (Å²) in [7, 11) is -1.59. The summed E-state index contributed by atoms with van der Waals surface area (Å²) in [5.41, 5.74) is 0. The van der Waals surface area contributed by atoms with E-state index in [0.29, 0.717) is 26.2 Å². The fourth-order valence-electron chi connectivity index (χ4n) is 2.99. The number of piperidine rings is 1. The molecule has 1 unspecified atom stereocenters. The Hall–Kier alpha value is -0.210. The number of ether oxygens (including phenoxy) is 1. The van der Waals surface area contributed by atoms with Gasteiger partial charge < -0.3 is 10.1 Å². The molecule has 6 nitrogen and oxygen atoms in total. The lowest BCUT2D eigenvalue weighted by atomic mass is 10.1. The summed E-state index contributed by atoms with van der Waals surface area (Å²) in [5, 5.41) is 3.30. The maximum absolute atomic E-state index is 12.7. The molecule has 0 aromatic heterocycles. The van der Waals surface area contributed by atoms with Gasteiger partial charge in [0.05, 0.1) is 6.61 Å². The van der Waals surface area contributed by atoms with Gasteiger partial charge in [-0.1, -0.05) is 6.42 Å². The summed E-state index contributed by atoms with van der Waals surface area (Å²) in [6.45, 7) is 4.17. The zero-order chi connectivity index (χ0) is 14.4. The van der Waals surface area contributed by atoms with Crippen molar-refractivity contribution in [1.82, 2.24) is 13.9 Å². The molecule has 0 radical (unpaired) electrons. The van der Waals surface area contributed by atoms with Gasteiger partial charge in [0, 0.05) is 45.9 Å². The quantitative estimate of drug-likeness (QED) is 0.692. The van der Waals surface area contributed by atoms with Gasteiger partial charge in [-0.15, -0.1) is 0 Å². The first kappa shape index (κ1) is 16.2. The second-order valence-corrected chi connectivity index (χ2v) is 7.45. The number of nitrogens with one attached hydrogen (secondary N) is 1. The molecule has 20 heavy (non-hydrogen) atoms. The minimum absolute atomic E-state index is 0.0891. The molecule has 0 aliphatic carbocycles. The van der Waals surface area contributed by atoms with Crippen LogP contribution in [0, 0.1) is 0 Å². The smallest absolute Gasteiger partial charge is 0.282 e. The van der Waals surface area contributed by atoms with E-state index in [-0.39, 0.29) is 6.04 Å². The predicted octanol–water partition coefficient (Wildman–Crippen LogP) is 0.418.